The van der Waals surface area contributed by atoms with Crippen molar-refractivity contribution in [3.63, 3.8) is 0 Å². The lowest BCUT2D eigenvalue weighted by atomic mass is 10.1. The van der Waals surface area contributed by atoms with Crippen LogP contribution in [0.4, 0.5) is 5.13 Å². The highest BCUT2D eigenvalue weighted by atomic mass is 32.2. The van der Waals surface area contributed by atoms with Crippen LogP contribution in [0.25, 0.3) is 0 Å². The van der Waals surface area contributed by atoms with Crippen LogP contribution in [-0.2, 0) is 14.8 Å². The number of carbonyl (C=O) groups is 1. The Labute approximate surface area is 137 Å². The highest BCUT2D eigenvalue weighted by Gasteiger charge is 2.23. The van der Waals surface area contributed by atoms with E-state index in [0.29, 0.717) is 0 Å². The Hall–Kier alpha value is -2.20. The van der Waals surface area contributed by atoms with Gasteiger partial charge in [-0.25, -0.2) is 13.2 Å². The number of nitrogens with zero attached hydrogens (tertiary/aromatic N) is 2. The molecule has 0 aliphatic rings. The van der Waals surface area contributed by atoms with E-state index in [1.54, 1.807) is 13.0 Å². The van der Waals surface area contributed by atoms with Gasteiger partial charge < -0.3 is 9.47 Å². The molecule has 23 heavy (non-hydrogen) atoms. The Morgan fingerprint density at radius 3 is 2.48 bits per heavy atom. The molecule has 2 rings (SSSR count). The molecule has 2 aromatic rings. The molecule has 0 saturated carbocycles. The quantitative estimate of drug-likeness (QED) is 0.812. The molecule has 10 heteroatoms. The second kappa shape index (κ2) is 6.50. The van der Waals surface area contributed by atoms with Crippen LogP contribution in [0.15, 0.2) is 17.0 Å². The average molecular weight is 357 g/mol. The number of nitrogens with one attached hydrogen (secondary N) is 1. The number of sulfonamides is 1. The molecule has 0 atom stereocenters. The van der Waals surface area contributed by atoms with E-state index in [4.69, 9.17) is 4.74 Å². The molecule has 0 unspecified atom stereocenters. The van der Waals surface area contributed by atoms with Gasteiger partial charge in [0, 0.05) is 11.5 Å². The van der Waals surface area contributed by atoms with Crippen molar-refractivity contribution >= 4 is 32.7 Å². The van der Waals surface area contributed by atoms with Crippen molar-refractivity contribution in [1.82, 2.24) is 9.36 Å². The molecule has 1 N–H and O–H groups in total. The second-order valence-corrected chi connectivity index (χ2v) is 7.01. The number of aryl methyl sites for hydroxylation is 2. The molecule has 0 amide bonds. The topological polar surface area (TPSA) is 107 Å². The summed E-state index contributed by atoms with van der Waals surface area (Å²) in [6.07, 6.45) is 0. The van der Waals surface area contributed by atoms with Gasteiger partial charge >= 0.3 is 5.97 Å². The fraction of sp³-hybridized carbons (Fsp3) is 0.308. The summed E-state index contributed by atoms with van der Waals surface area (Å²) in [5.74, 6) is -0.726. The van der Waals surface area contributed by atoms with Crippen molar-refractivity contribution < 1.29 is 22.7 Å². The molecular weight excluding hydrogens is 342 g/mol. The SMILES string of the molecule is COC(=O)c1nsc(NS(=O)(=O)c2cc(C)c(C)cc2OC)n1. The molecule has 0 saturated heterocycles. The molecule has 1 aromatic heterocycles. The van der Waals surface area contributed by atoms with Crippen molar-refractivity contribution in [3.05, 3.63) is 29.1 Å². The minimum Gasteiger partial charge on any atom is -0.495 e. The number of methoxy groups -OCH3 is 2. The number of esters is 1. The standard InChI is InChI=1S/C13H15N3O5S2/c1-7-5-9(20-3)10(6-8(7)2)23(18,19)16-13-14-11(15-22-13)12(17)21-4/h5-6H,1-4H3,(H,14,15,16). The van der Waals surface area contributed by atoms with Gasteiger partial charge in [0.1, 0.15) is 10.6 Å². The summed E-state index contributed by atoms with van der Waals surface area (Å²) in [5.41, 5.74) is 1.71. The first kappa shape index (κ1) is 17.2. The summed E-state index contributed by atoms with van der Waals surface area (Å²) >= 11 is 0.743. The van der Waals surface area contributed by atoms with E-state index in [0.717, 1.165) is 22.7 Å². The number of hydrogen-bond donors (Lipinski definition) is 1. The van der Waals surface area contributed by atoms with Crippen molar-refractivity contribution in [2.45, 2.75) is 18.7 Å². The molecule has 1 aromatic carbocycles. The van der Waals surface area contributed by atoms with Crippen LogP contribution in [0.1, 0.15) is 21.7 Å². The number of anilines is 1. The Morgan fingerprint density at radius 2 is 1.87 bits per heavy atom. The Bertz CT molecular complexity index is 845. The van der Waals surface area contributed by atoms with Crippen molar-refractivity contribution in [3.8, 4) is 5.75 Å². The van der Waals surface area contributed by atoms with Gasteiger partial charge in [-0.2, -0.15) is 9.36 Å². The van der Waals surface area contributed by atoms with Crippen LogP contribution in [-0.4, -0.2) is 38.0 Å². The molecule has 1 heterocycles. The van der Waals surface area contributed by atoms with Crippen LogP contribution in [0, 0.1) is 13.8 Å². The van der Waals surface area contributed by atoms with E-state index in [1.165, 1.54) is 20.3 Å². The highest BCUT2D eigenvalue weighted by molar-refractivity contribution is 7.93. The van der Waals surface area contributed by atoms with E-state index in [1.807, 2.05) is 6.92 Å². The third kappa shape index (κ3) is 3.59. The predicted octanol–water partition coefficient (Wildman–Crippen LogP) is 1.75. The maximum absolute atomic E-state index is 12.5. The zero-order valence-corrected chi connectivity index (χ0v) is 14.5. The third-order valence-corrected chi connectivity index (χ3v) is 5.21. The van der Waals surface area contributed by atoms with Gasteiger partial charge in [0.05, 0.1) is 14.2 Å². The van der Waals surface area contributed by atoms with E-state index in [2.05, 4.69) is 18.8 Å². The maximum Gasteiger partial charge on any atom is 0.377 e. The van der Waals surface area contributed by atoms with Crippen LogP contribution < -0.4 is 9.46 Å². The van der Waals surface area contributed by atoms with E-state index < -0.39 is 16.0 Å². The largest absolute Gasteiger partial charge is 0.495 e. The van der Waals surface area contributed by atoms with Gasteiger partial charge in [-0.1, -0.05) is 0 Å². The Morgan fingerprint density at radius 1 is 1.22 bits per heavy atom. The number of benzene rings is 1. The summed E-state index contributed by atoms with van der Waals surface area (Å²) < 4.78 is 40.7. The number of ether oxygens (including phenoxy) is 2. The number of aromatic nitrogens is 2. The molecule has 0 aliphatic heterocycles. The normalized spacial score (nSPS) is 11.1. The number of carbonyl (C=O) groups excluding carboxylic acids is 1. The summed E-state index contributed by atoms with van der Waals surface area (Å²) in [6.45, 7) is 3.66. The summed E-state index contributed by atoms with van der Waals surface area (Å²) in [6, 6.07) is 3.16. The van der Waals surface area contributed by atoms with Gasteiger partial charge in [0.25, 0.3) is 15.8 Å². The van der Waals surface area contributed by atoms with E-state index in [9.17, 15) is 13.2 Å². The third-order valence-electron chi connectivity index (χ3n) is 3.09. The lowest BCUT2D eigenvalue weighted by Gasteiger charge is -2.12. The maximum atomic E-state index is 12.5. The Kier molecular flexibility index (Phi) is 4.85. The molecule has 0 radical (unpaired) electrons. The summed E-state index contributed by atoms with van der Waals surface area (Å²) in [7, 11) is -1.35. The zero-order chi connectivity index (χ0) is 17.2. The average Bonchev–Trinajstić information content (AvgIpc) is 2.96. The van der Waals surface area contributed by atoms with Crippen molar-refractivity contribution in [1.29, 1.82) is 0 Å². The zero-order valence-electron chi connectivity index (χ0n) is 12.9. The molecule has 0 spiro atoms. The van der Waals surface area contributed by atoms with Crippen molar-refractivity contribution in [2.75, 3.05) is 18.9 Å². The van der Waals surface area contributed by atoms with Gasteiger partial charge in [-0.3, -0.25) is 4.72 Å². The molecule has 124 valence electrons. The minimum atomic E-state index is -3.93. The van der Waals surface area contributed by atoms with Crippen LogP contribution in [0.3, 0.4) is 0 Å². The van der Waals surface area contributed by atoms with Gasteiger partial charge in [0.15, 0.2) is 0 Å². The van der Waals surface area contributed by atoms with Crippen molar-refractivity contribution in [2.24, 2.45) is 0 Å². The highest BCUT2D eigenvalue weighted by Crippen LogP contribution is 2.29. The van der Waals surface area contributed by atoms with Gasteiger partial charge in [-0.15, -0.1) is 0 Å². The first-order chi connectivity index (χ1) is 10.8. The van der Waals surface area contributed by atoms with E-state index >= 15 is 0 Å². The first-order valence-electron chi connectivity index (χ1n) is 6.38. The first-order valence-corrected chi connectivity index (χ1v) is 8.64. The lowest BCUT2D eigenvalue weighted by molar-refractivity contribution is 0.0588. The monoisotopic (exact) mass is 357 g/mol. The van der Waals surface area contributed by atoms with Crippen LogP contribution in [0.2, 0.25) is 0 Å². The van der Waals surface area contributed by atoms with Gasteiger partial charge in [0.2, 0.25) is 5.13 Å². The van der Waals surface area contributed by atoms with Gasteiger partial charge in [-0.05, 0) is 37.1 Å². The van der Waals surface area contributed by atoms with Crippen LogP contribution >= 0.6 is 11.5 Å². The van der Waals surface area contributed by atoms with Crippen LogP contribution in [0.5, 0.6) is 5.75 Å². The minimum absolute atomic E-state index is 0.0158. The Balaban J connectivity index is 2.38. The number of rotatable bonds is 5. The fourth-order valence-electron chi connectivity index (χ4n) is 1.74. The number of hydrogen-bond acceptors (Lipinski definition) is 8. The summed E-state index contributed by atoms with van der Waals surface area (Å²) in [5, 5.41) is -0.0364. The molecule has 0 aliphatic carbocycles. The molecule has 8 nitrogen and oxygen atoms in total. The molecule has 0 fully saturated rings. The lowest BCUT2D eigenvalue weighted by Crippen LogP contribution is -2.15. The molecule has 0 bridgehead atoms. The predicted molar refractivity (Wildman–Crippen MR) is 84.5 cm³/mol. The second-order valence-electron chi connectivity index (χ2n) is 4.61. The fourth-order valence-corrected chi connectivity index (χ4v) is 3.76. The summed E-state index contributed by atoms with van der Waals surface area (Å²) in [4.78, 5) is 15.1. The molecular formula is C13H15N3O5S2. The van der Waals surface area contributed by atoms with E-state index in [-0.39, 0.29) is 21.6 Å². The smallest absolute Gasteiger partial charge is 0.377 e.